The van der Waals surface area contributed by atoms with Gasteiger partial charge in [-0.1, -0.05) is 0 Å². The highest BCUT2D eigenvalue weighted by Gasteiger charge is 2.15. The highest BCUT2D eigenvalue weighted by Crippen LogP contribution is 2.25. The molecule has 2 rings (SSSR count). The Morgan fingerprint density at radius 2 is 2.30 bits per heavy atom. The highest BCUT2D eigenvalue weighted by molar-refractivity contribution is 8.00. The Hall–Kier alpha value is -0.890. The maximum atomic E-state index is 4.68. The van der Waals surface area contributed by atoms with Gasteiger partial charge in [-0.15, -0.1) is 10.2 Å². The molecule has 1 saturated heterocycles. The van der Waals surface area contributed by atoms with Gasteiger partial charge >= 0.3 is 0 Å². The Kier molecular flexibility index (Phi) is 8.08. The smallest absolute Gasteiger partial charge is 0.191 e. The van der Waals surface area contributed by atoms with Gasteiger partial charge in [-0.3, -0.25) is 0 Å². The second kappa shape index (κ2) is 10.1. The molecule has 0 amide bonds. The summed E-state index contributed by atoms with van der Waals surface area (Å²) in [7, 11) is 1.98. The molecule has 1 fully saturated rings. The Morgan fingerprint density at radius 1 is 1.43 bits per heavy atom. The van der Waals surface area contributed by atoms with Gasteiger partial charge in [0.1, 0.15) is 12.4 Å². The van der Waals surface area contributed by atoms with Crippen molar-refractivity contribution in [2.75, 3.05) is 30.9 Å². The molecule has 0 spiro atoms. The third-order valence-electron chi connectivity index (χ3n) is 3.90. The summed E-state index contributed by atoms with van der Waals surface area (Å²) < 4.78 is 1.99. The largest absolute Gasteiger partial charge is 0.356 e. The Labute approximate surface area is 147 Å². The first-order valence-corrected chi connectivity index (χ1v) is 10.6. The van der Waals surface area contributed by atoms with E-state index in [1.54, 1.807) is 0 Å². The molecule has 1 aliphatic heterocycles. The molecule has 2 N–H and O–H groups in total. The molecule has 23 heavy (non-hydrogen) atoms. The van der Waals surface area contributed by atoms with Gasteiger partial charge < -0.3 is 15.2 Å². The van der Waals surface area contributed by atoms with Gasteiger partial charge in [0.05, 0.1) is 0 Å². The van der Waals surface area contributed by atoms with Crippen molar-refractivity contribution in [3.8, 4) is 0 Å². The summed E-state index contributed by atoms with van der Waals surface area (Å²) in [5.74, 6) is 5.15. The maximum Gasteiger partial charge on any atom is 0.191 e. The van der Waals surface area contributed by atoms with E-state index in [1.165, 1.54) is 24.3 Å². The minimum atomic E-state index is 0.549. The lowest BCUT2D eigenvalue weighted by molar-refractivity contribution is 0.711. The number of nitrogens with zero attached hydrogens (tertiary/aromatic N) is 4. The molecule has 130 valence electrons. The lowest BCUT2D eigenvalue weighted by atomic mass is 10.2. The monoisotopic (exact) mass is 356 g/mol. The van der Waals surface area contributed by atoms with Crippen LogP contribution in [0.1, 0.15) is 30.9 Å². The summed E-state index contributed by atoms with van der Waals surface area (Å²) in [6.45, 7) is 4.43. The summed E-state index contributed by atoms with van der Waals surface area (Å²) in [5, 5.41) is 15.9. The van der Waals surface area contributed by atoms with Crippen LogP contribution in [0.5, 0.6) is 0 Å². The van der Waals surface area contributed by atoms with Crippen molar-refractivity contribution in [3.05, 3.63) is 11.6 Å². The standard InChI is InChI=1S/C15H28N6S2/c1-12-19-20-14(21(12)2)11-18-15(16-7-5-8-22-3)17-10-13-6-4-9-23-13/h13H,4-11H2,1-3H3,(H2,16,17,18). The first kappa shape index (κ1) is 18.4. The molecule has 8 heteroatoms. The molecule has 1 aromatic heterocycles. The molecule has 1 atom stereocenters. The zero-order valence-corrected chi connectivity index (χ0v) is 16.0. The van der Waals surface area contributed by atoms with Crippen molar-refractivity contribution in [1.29, 1.82) is 0 Å². The zero-order valence-electron chi connectivity index (χ0n) is 14.3. The van der Waals surface area contributed by atoms with Crippen LogP contribution in [0.2, 0.25) is 0 Å². The molecule has 0 bridgehead atoms. The van der Waals surface area contributed by atoms with Crippen molar-refractivity contribution in [3.63, 3.8) is 0 Å². The van der Waals surface area contributed by atoms with Gasteiger partial charge in [0.25, 0.3) is 0 Å². The average Bonchev–Trinajstić information content (AvgIpc) is 3.18. The average molecular weight is 357 g/mol. The molecule has 0 radical (unpaired) electrons. The first-order chi connectivity index (χ1) is 11.2. The lowest BCUT2D eigenvalue weighted by Crippen LogP contribution is -2.40. The van der Waals surface area contributed by atoms with E-state index in [4.69, 9.17) is 0 Å². The maximum absolute atomic E-state index is 4.68. The quantitative estimate of drug-likeness (QED) is 0.421. The molecule has 1 aliphatic rings. The van der Waals surface area contributed by atoms with Crippen molar-refractivity contribution in [2.45, 2.75) is 38.0 Å². The van der Waals surface area contributed by atoms with E-state index in [9.17, 15) is 0 Å². The molecular weight excluding hydrogens is 328 g/mol. The summed E-state index contributed by atoms with van der Waals surface area (Å²) in [5.41, 5.74) is 0. The number of aryl methyl sites for hydroxylation is 1. The van der Waals surface area contributed by atoms with E-state index in [0.717, 1.165) is 37.1 Å². The number of aromatic nitrogens is 3. The fourth-order valence-electron chi connectivity index (χ4n) is 2.35. The molecule has 0 aliphatic carbocycles. The number of thioether (sulfide) groups is 2. The van der Waals surface area contributed by atoms with Crippen LogP contribution in [0.4, 0.5) is 0 Å². The topological polar surface area (TPSA) is 67.1 Å². The van der Waals surface area contributed by atoms with Crippen LogP contribution in [0.25, 0.3) is 0 Å². The van der Waals surface area contributed by atoms with Crippen molar-refractivity contribution < 1.29 is 0 Å². The number of hydrogen-bond acceptors (Lipinski definition) is 5. The molecule has 1 unspecified atom stereocenters. The number of aliphatic imine (C=N–C) groups is 1. The fraction of sp³-hybridized carbons (Fsp3) is 0.800. The van der Waals surface area contributed by atoms with E-state index in [0.29, 0.717) is 11.8 Å². The number of rotatable bonds is 8. The van der Waals surface area contributed by atoms with Gasteiger partial charge in [-0.2, -0.15) is 23.5 Å². The van der Waals surface area contributed by atoms with Crippen molar-refractivity contribution in [1.82, 2.24) is 25.4 Å². The predicted molar refractivity (Wildman–Crippen MR) is 101 cm³/mol. The Bertz CT molecular complexity index is 496. The Morgan fingerprint density at radius 3 is 2.96 bits per heavy atom. The molecule has 2 heterocycles. The summed E-state index contributed by atoms with van der Waals surface area (Å²) in [4.78, 5) is 4.68. The molecule has 0 saturated carbocycles. The lowest BCUT2D eigenvalue weighted by Gasteiger charge is -2.15. The van der Waals surface area contributed by atoms with E-state index in [-0.39, 0.29) is 0 Å². The molecule has 6 nitrogen and oxygen atoms in total. The predicted octanol–water partition coefficient (Wildman–Crippen LogP) is 1.81. The highest BCUT2D eigenvalue weighted by atomic mass is 32.2. The van der Waals surface area contributed by atoms with Gasteiger partial charge in [-0.05, 0) is 43.9 Å². The second-order valence-electron chi connectivity index (χ2n) is 5.68. The van der Waals surface area contributed by atoms with Gasteiger partial charge in [-0.25, -0.2) is 4.99 Å². The van der Waals surface area contributed by atoms with E-state index < -0.39 is 0 Å². The van der Waals surface area contributed by atoms with Crippen LogP contribution in [0.15, 0.2) is 4.99 Å². The van der Waals surface area contributed by atoms with Crippen LogP contribution in [-0.4, -0.2) is 56.8 Å². The number of hydrogen-bond donors (Lipinski definition) is 2. The van der Waals surface area contributed by atoms with Crippen molar-refractivity contribution >= 4 is 29.5 Å². The van der Waals surface area contributed by atoms with Gasteiger partial charge in [0.15, 0.2) is 11.8 Å². The van der Waals surface area contributed by atoms with E-state index >= 15 is 0 Å². The minimum absolute atomic E-state index is 0.549. The molecule has 1 aromatic rings. The number of nitrogens with one attached hydrogen (secondary N) is 2. The second-order valence-corrected chi connectivity index (χ2v) is 8.07. The van der Waals surface area contributed by atoms with Crippen molar-refractivity contribution in [2.24, 2.45) is 12.0 Å². The first-order valence-electron chi connectivity index (χ1n) is 8.18. The summed E-state index contributed by atoms with van der Waals surface area (Å²) in [6, 6.07) is 0. The van der Waals surface area contributed by atoms with Gasteiger partial charge in [0.2, 0.25) is 0 Å². The van der Waals surface area contributed by atoms with E-state index in [2.05, 4.69) is 43.8 Å². The Balaban J connectivity index is 1.87. The van der Waals surface area contributed by atoms with Crippen LogP contribution < -0.4 is 10.6 Å². The number of guanidine groups is 1. The third-order valence-corrected chi connectivity index (χ3v) is 6.00. The van der Waals surface area contributed by atoms with Crippen LogP contribution in [0.3, 0.4) is 0 Å². The summed E-state index contributed by atoms with van der Waals surface area (Å²) in [6.07, 6.45) is 5.92. The zero-order chi connectivity index (χ0) is 16.5. The van der Waals surface area contributed by atoms with Gasteiger partial charge in [0, 0.05) is 25.4 Å². The van der Waals surface area contributed by atoms with Crippen LogP contribution >= 0.6 is 23.5 Å². The van der Waals surface area contributed by atoms with E-state index in [1.807, 2.05) is 30.3 Å². The molecule has 0 aromatic carbocycles. The molecular formula is C15H28N6S2. The SMILES string of the molecule is CSCCCNC(=NCc1nnc(C)n1C)NCC1CCCS1. The van der Waals surface area contributed by atoms with Crippen LogP contribution in [-0.2, 0) is 13.6 Å². The normalized spacial score (nSPS) is 18.4. The summed E-state index contributed by atoms with van der Waals surface area (Å²) >= 11 is 3.94. The fourth-order valence-corrected chi connectivity index (χ4v) is 3.99. The van der Waals surface area contributed by atoms with Crippen LogP contribution in [0, 0.1) is 6.92 Å². The third kappa shape index (κ3) is 6.25. The minimum Gasteiger partial charge on any atom is -0.356 e.